The zero-order valence-corrected chi connectivity index (χ0v) is 3.15. The van der Waals surface area contributed by atoms with Crippen LogP contribution in [0.5, 0.6) is 0 Å². The van der Waals surface area contributed by atoms with Crippen molar-refractivity contribution >= 4 is 0 Å². The lowest BCUT2D eigenvalue weighted by atomic mass is 10.3. The summed E-state index contributed by atoms with van der Waals surface area (Å²) in [5.74, 6) is 0. The quantitative estimate of drug-likeness (QED) is 0.492. The molecule has 1 nitrogen and oxygen atoms in total. The third kappa shape index (κ3) is 3.96. The Hall–Kier alpha value is -0.0400. The van der Waals surface area contributed by atoms with Crippen LogP contribution in [-0.4, -0.2) is 6.04 Å². The van der Waals surface area contributed by atoms with Crippen molar-refractivity contribution in [1.29, 1.82) is 0 Å². The normalized spacial score (nSPS) is 35.2. The van der Waals surface area contributed by atoms with Crippen molar-refractivity contribution in [2.45, 2.75) is 26.2 Å². The lowest BCUT2D eigenvalue weighted by Crippen LogP contribution is -2.11. The summed E-state index contributed by atoms with van der Waals surface area (Å²) in [6.45, 7) is -1.25. The standard InChI is InChI=1S/C4H11N/c1-3-4(2)5/h4H,3,5H2,1-2H3/t4-/m0/s1/i2D3,3D2. The van der Waals surface area contributed by atoms with Crippen molar-refractivity contribution in [2.24, 2.45) is 5.73 Å². The second-order valence-electron chi connectivity index (χ2n) is 0.766. The third-order valence-corrected chi connectivity index (χ3v) is 0.311. The van der Waals surface area contributed by atoms with Crippen LogP contribution in [0.1, 0.15) is 27.0 Å². The Kier molecular flexibility index (Phi) is 0.429. The van der Waals surface area contributed by atoms with E-state index in [0.717, 1.165) is 6.92 Å². The van der Waals surface area contributed by atoms with Gasteiger partial charge in [0, 0.05) is 12.9 Å². The highest BCUT2D eigenvalue weighted by Crippen LogP contribution is 1.77. The van der Waals surface area contributed by atoms with E-state index >= 15 is 0 Å². The molecular formula is C4H11N. The first-order chi connectivity index (χ1) is 4.15. The molecule has 0 aromatic rings. The summed E-state index contributed by atoms with van der Waals surface area (Å²) < 4.78 is 34.2. The van der Waals surface area contributed by atoms with Gasteiger partial charge in [-0.2, -0.15) is 0 Å². The molecule has 1 heteroatoms. The molecule has 0 aliphatic rings. The van der Waals surface area contributed by atoms with Gasteiger partial charge >= 0.3 is 0 Å². The number of hydrogen-bond acceptors (Lipinski definition) is 1. The van der Waals surface area contributed by atoms with Crippen molar-refractivity contribution < 1.29 is 6.85 Å². The fraction of sp³-hybridized carbons (Fsp3) is 1.00. The molecule has 0 fully saturated rings. The lowest BCUT2D eigenvalue weighted by molar-refractivity contribution is 0.715. The van der Waals surface area contributed by atoms with E-state index in [1.54, 1.807) is 0 Å². The van der Waals surface area contributed by atoms with Gasteiger partial charge in [0.1, 0.15) is 0 Å². The molecule has 2 N–H and O–H groups in total. The molecule has 0 heterocycles. The Morgan fingerprint density at radius 2 is 3.00 bits per heavy atom. The van der Waals surface area contributed by atoms with Crippen LogP contribution >= 0.6 is 0 Å². The molecule has 0 amide bonds. The van der Waals surface area contributed by atoms with E-state index in [1.165, 1.54) is 0 Å². The van der Waals surface area contributed by atoms with Gasteiger partial charge in [-0.1, -0.05) is 6.92 Å². The molecule has 0 saturated carbocycles. The molecule has 0 aromatic carbocycles. The smallest absolute Gasteiger partial charge is 0.0279 e. The molecule has 1 atom stereocenters. The average molecular weight is 78.2 g/mol. The highest BCUT2D eigenvalue weighted by Gasteiger charge is 1.79. The molecule has 5 heavy (non-hydrogen) atoms. The van der Waals surface area contributed by atoms with Crippen LogP contribution in [0, 0.1) is 0 Å². The first-order valence-electron chi connectivity index (χ1n) is 3.91. The first kappa shape index (κ1) is 0.969. The lowest BCUT2D eigenvalue weighted by Gasteiger charge is -1.91. The highest BCUT2D eigenvalue weighted by molar-refractivity contribution is 4.43. The minimum Gasteiger partial charge on any atom is -0.328 e. The van der Waals surface area contributed by atoms with Crippen LogP contribution < -0.4 is 5.73 Å². The van der Waals surface area contributed by atoms with Crippen LogP contribution in [0.3, 0.4) is 0 Å². The van der Waals surface area contributed by atoms with Crippen LogP contribution in [0.4, 0.5) is 0 Å². The minimum atomic E-state index is -2.40. The Labute approximate surface area is 40.2 Å². The van der Waals surface area contributed by atoms with E-state index in [1.807, 2.05) is 0 Å². The Balaban J connectivity index is 4.23. The van der Waals surface area contributed by atoms with Crippen LogP contribution in [0.2, 0.25) is 0 Å². The maximum absolute atomic E-state index is 6.98. The molecule has 0 radical (unpaired) electrons. The van der Waals surface area contributed by atoms with Gasteiger partial charge in [-0.15, -0.1) is 0 Å². The maximum atomic E-state index is 6.98. The summed E-state index contributed by atoms with van der Waals surface area (Å²) in [5, 5.41) is 0. The largest absolute Gasteiger partial charge is 0.328 e. The van der Waals surface area contributed by atoms with Crippen LogP contribution in [0.15, 0.2) is 0 Å². The van der Waals surface area contributed by atoms with Crippen molar-refractivity contribution in [3.8, 4) is 0 Å². The summed E-state index contributed by atoms with van der Waals surface area (Å²) in [6, 6.07) is -1.40. The summed E-state index contributed by atoms with van der Waals surface area (Å²) in [6.07, 6.45) is -1.84. The van der Waals surface area contributed by atoms with Gasteiger partial charge in [-0.05, 0) is 13.2 Å². The molecule has 0 aromatic heterocycles. The topological polar surface area (TPSA) is 26.0 Å². The van der Waals surface area contributed by atoms with E-state index < -0.39 is 19.3 Å². The molecule has 0 saturated heterocycles. The van der Waals surface area contributed by atoms with Crippen LogP contribution in [0.25, 0.3) is 0 Å². The molecule has 0 unspecified atom stereocenters. The van der Waals surface area contributed by atoms with Crippen molar-refractivity contribution in [2.75, 3.05) is 0 Å². The SMILES string of the molecule is [2H]C([2H])([2H])[C@H](N)C([2H])([2H])C. The molecular weight excluding hydrogens is 62.1 g/mol. The molecule has 0 bridgehead atoms. The molecule has 0 aliphatic heterocycles. The Morgan fingerprint density at radius 3 is 3.00 bits per heavy atom. The van der Waals surface area contributed by atoms with Gasteiger partial charge in [0.2, 0.25) is 0 Å². The second-order valence-corrected chi connectivity index (χ2v) is 0.766. The third-order valence-electron chi connectivity index (χ3n) is 0.311. The van der Waals surface area contributed by atoms with E-state index in [2.05, 4.69) is 0 Å². The van der Waals surface area contributed by atoms with Gasteiger partial charge < -0.3 is 5.73 Å². The second kappa shape index (κ2) is 2.21. The van der Waals surface area contributed by atoms with Gasteiger partial charge in [-0.25, -0.2) is 0 Å². The van der Waals surface area contributed by atoms with Crippen molar-refractivity contribution in [3.05, 3.63) is 0 Å². The predicted octanol–water partition coefficient (Wildman–Crippen LogP) is 0.744. The van der Waals surface area contributed by atoms with E-state index in [4.69, 9.17) is 12.6 Å². The van der Waals surface area contributed by atoms with E-state index in [-0.39, 0.29) is 0 Å². The zero-order chi connectivity index (χ0) is 8.58. The monoisotopic (exact) mass is 78.1 g/mol. The molecule has 0 aliphatic carbocycles. The number of nitrogens with two attached hydrogens (primary N) is 1. The fourth-order valence-corrected chi connectivity index (χ4v) is 0. The number of hydrogen-bond donors (Lipinski definition) is 1. The summed E-state index contributed by atoms with van der Waals surface area (Å²) in [5.41, 5.74) is 5.09. The Bertz CT molecular complexity index is 97.8. The van der Waals surface area contributed by atoms with Gasteiger partial charge in [0.25, 0.3) is 0 Å². The highest BCUT2D eigenvalue weighted by atomic mass is 14.6. The summed E-state index contributed by atoms with van der Waals surface area (Å²) in [4.78, 5) is 0. The summed E-state index contributed by atoms with van der Waals surface area (Å²) >= 11 is 0. The molecule has 0 rings (SSSR count). The van der Waals surface area contributed by atoms with Gasteiger partial charge in [-0.3, -0.25) is 0 Å². The van der Waals surface area contributed by atoms with Crippen molar-refractivity contribution in [1.82, 2.24) is 0 Å². The van der Waals surface area contributed by atoms with E-state index in [0.29, 0.717) is 0 Å². The average Bonchev–Trinajstić information content (AvgIpc) is 1.59. The van der Waals surface area contributed by atoms with Crippen LogP contribution in [-0.2, 0) is 0 Å². The minimum absolute atomic E-state index is 1.16. The predicted molar refractivity (Wildman–Crippen MR) is 23.9 cm³/mol. The fourth-order valence-electron chi connectivity index (χ4n) is 0. The Morgan fingerprint density at radius 1 is 2.40 bits per heavy atom. The van der Waals surface area contributed by atoms with Gasteiger partial charge in [0.05, 0.1) is 0 Å². The summed E-state index contributed by atoms with van der Waals surface area (Å²) in [7, 11) is 0. The number of rotatable bonds is 1. The zero-order valence-electron chi connectivity index (χ0n) is 8.15. The van der Waals surface area contributed by atoms with Crippen molar-refractivity contribution in [3.63, 3.8) is 0 Å². The molecule has 32 valence electrons. The van der Waals surface area contributed by atoms with Gasteiger partial charge in [0.15, 0.2) is 0 Å². The van der Waals surface area contributed by atoms with E-state index in [9.17, 15) is 0 Å². The molecule has 0 spiro atoms. The first-order valence-corrected chi connectivity index (χ1v) is 1.41. The maximum Gasteiger partial charge on any atom is 0.0279 e.